The molecule has 12 heteroatoms. The minimum absolute atomic E-state index is 0. The van der Waals surface area contributed by atoms with Gasteiger partial charge in [0.25, 0.3) is 5.91 Å². The van der Waals surface area contributed by atoms with Gasteiger partial charge >= 0.3 is 6.03 Å². The molecule has 0 bridgehead atoms. The van der Waals surface area contributed by atoms with Crippen LogP contribution in [-0.4, -0.2) is 47.1 Å². The molecule has 212 valence electrons. The van der Waals surface area contributed by atoms with Gasteiger partial charge in [0.15, 0.2) is 0 Å². The highest BCUT2D eigenvalue weighted by atomic mass is 35.5. The number of anilines is 4. The van der Waals surface area contributed by atoms with Crippen LogP contribution in [0.1, 0.15) is 27.2 Å². The Kier molecular flexibility index (Phi) is 9.84. The molecule has 0 saturated heterocycles. The van der Waals surface area contributed by atoms with E-state index in [4.69, 9.17) is 5.73 Å². The molecule has 0 fully saturated rings. The molecule has 0 atom stereocenters. The second-order valence-electron chi connectivity index (χ2n) is 9.30. The quantitative estimate of drug-likeness (QED) is 0.261. The van der Waals surface area contributed by atoms with E-state index in [0.29, 0.717) is 40.3 Å². The van der Waals surface area contributed by atoms with Crippen LogP contribution in [0.15, 0.2) is 60.8 Å². The second-order valence-corrected chi connectivity index (χ2v) is 9.30. The van der Waals surface area contributed by atoms with Crippen molar-refractivity contribution >= 4 is 59.8 Å². The number of amides is 3. The van der Waals surface area contributed by atoms with Crippen molar-refractivity contribution in [2.75, 3.05) is 41.9 Å². The number of nitrogens with one attached hydrogen (secondary N) is 3. The summed E-state index contributed by atoms with van der Waals surface area (Å²) in [4.78, 5) is 35.4. The lowest BCUT2D eigenvalue weighted by molar-refractivity contribution is 0.0945. The number of carbonyl (C=O) groups excluding carboxylic acids is 2. The zero-order valence-corrected chi connectivity index (χ0v) is 24.3. The van der Waals surface area contributed by atoms with Crippen LogP contribution in [0.5, 0.6) is 0 Å². The third-order valence-corrected chi connectivity index (χ3v) is 6.40. The lowest BCUT2D eigenvalue weighted by Crippen LogP contribution is -2.31. The highest BCUT2D eigenvalue weighted by Crippen LogP contribution is 2.28. The first kappa shape index (κ1) is 30.8. The zero-order valence-electron chi connectivity index (χ0n) is 22.7. The van der Waals surface area contributed by atoms with E-state index < -0.39 is 0 Å². The lowest BCUT2D eigenvalue weighted by atomic mass is 10.1. The average Bonchev–Trinajstić information content (AvgIpc) is 3.26. The SMILES string of the molecule is CN(C)c1ccc(NC(=O)Nc2cccc(C#Cc3cnc(N)nc3-c3cc4c(n3C)CCNC4=O)c2)cc1.Cl.Cl. The third-order valence-electron chi connectivity index (χ3n) is 6.40. The summed E-state index contributed by atoms with van der Waals surface area (Å²) in [5.41, 5.74) is 12.3. The predicted octanol–water partition coefficient (Wildman–Crippen LogP) is 4.30. The Morgan fingerprint density at radius 1 is 1.05 bits per heavy atom. The number of benzene rings is 2. The molecule has 5 N–H and O–H groups in total. The molecule has 5 rings (SSSR count). The Morgan fingerprint density at radius 2 is 1.78 bits per heavy atom. The van der Waals surface area contributed by atoms with Crippen molar-refractivity contribution in [2.24, 2.45) is 7.05 Å². The number of rotatable bonds is 4. The van der Waals surface area contributed by atoms with E-state index in [1.807, 2.05) is 73.1 Å². The van der Waals surface area contributed by atoms with Gasteiger partial charge in [0, 0.05) is 68.6 Å². The Morgan fingerprint density at radius 3 is 2.49 bits per heavy atom. The van der Waals surface area contributed by atoms with E-state index in [9.17, 15) is 9.59 Å². The second kappa shape index (κ2) is 13.1. The first-order valence-corrected chi connectivity index (χ1v) is 12.4. The van der Waals surface area contributed by atoms with Gasteiger partial charge in [0.1, 0.15) is 5.69 Å². The Hall–Kier alpha value is -4.72. The summed E-state index contributed by atoms with van der Waals surface area (Å²) in [6.45, 7) is 0.590. The summed E-state index contributed by atoms with van der Waals surface area (Å²) in [6, 6.07) is 16.2. The maximum Gasteiger partial charge on any atom is 0.323 e. The van der Waals surface area contributed by atoms with Crippen LogP contribution in [-0.2, 0) is 13.5 Å². The van der Waals surface area contributed by atoms with Gasteiger partial charge in [-0.15, -0.1) is 24.8 Å². The molecule has 2 aromatic heterocycles. The van der Waals surface area contributed by atoms with Crippen molar-refractivity contribution < 1.29 is 9.59 Å². The number of hydrogen-bond donors (Lipinski definition) is 4. The fraction of sp³-hybridized carbons (Fsp3) is 0.172. The maximum absolute atomic E-state index is 12.5. The van der Waals surface area contributed by atoms with Crippen molar-refractivity contribution in [3.05, 3.63) is 83.2 Å². The van der Waals surface area contributed by atoms with Crippen molar-refractivity contribution in [3.63, 3.8) is 0 Å². The first-order valence-electron chi connectivity index (χ1n) is 12.4. The van der Waals surface area contributed by atoms with Crippen LogP contribution in [0.3, 0.4) is 0 Å². The Balaban J connectivity index is 0.00000231. The molecule has 3 heterocycles. The van der Waals surface area contributed by atoms with Crippen molar-refractivity contribution in [1.82, 2.24) is 19.9 Å². The van der Waals surface area contributed by atoms with Crippen molar-refractivity contribution in [3.8, 4) is 23.2 Å². The lowest BCUT2D eigenvalue weighted by Gasteiger charge is -2.14. The number of aromatic nitrogens is 3. The molecule has 0 spiro atoms. The number of urea groups is 1. The summed E-state index contributed by atoms with van der Waals surface area (Å²) in [5.74, 6) is 6.27. The number of nitrogen functional groups attached to an aromatic ring is 1. The topological polar surface area (TPSA) is 130 Å². The fourth-order valence-corrected chi connectivity index (χ4v) is 4.39. The fourth-order valence-electron chi connectivity index (χ4n) is 4.39. The maximum atomic E-state index is 12.5. The molecule has 2 aromatic carbocycles. The summed E-state index contributed by atoms with van der Waals surface area (Å²) >= 11 is 0. The molecule has 0 aliphatic carbocycles. The minimum atomic E-state index is -0.358. The van der Waals surface area contributed by atoms with E-state index in [-0.39, 0.29) is 42.7 Å². The number of nitrogens with two attached hydrogens (primary N) is 1. The monoisotopic (exact) mass is 592 g/mol. The van der Waals surface area contributed by atoms with Gasteiger partial charge < -0.3 is 31.2 Å². The van der Waals surface area contributed by atoms with E-state index in [0.717, 1.165) is 23.5 Å². The summed E-state index contributed by atoms with van der Waals surface area (Å²) in [7, 11) is 5.82. The summed E-state index contributed by atoms with van der Waals surface area (Å²) < 4.78 is 1.96. The van der Waals surface area contributed by atoms with Gasteiger partial charge in [-0.25, -0.2) is 14.8 Å². The van der Waals surface area contributed by atoms with Gasteiger partial charge in [-0.3, -0.25) is 4.79 Å². The Bertz CT molecular complexity index is 1640. The van der Waals surface area contributed by atoms with E-state index >= 15 is 0 Å². The highest BCUT2D eigenvalue weighted by Gasteiger charge is 2.24. The van der Waals surface area contributed by atoms with Crippen LogP contribution in [0.2, 0.25) is 0 Å². The number of nitrogens with zero attached hydrogens (tertiary/aromatic N) is 4. The van der Waals surface area contributed by atoms with Crippen molar-refractivity contribution in [1.29, 1.82) is 0 Å². The molecule has 0 radical (unpaired) electrons. The molecular formula is C29H30Cl2N8O2. The highest BCUT2D eigenvalue weighted by molar-refractivity contribution is 6.00. The molecule has 10 nitrogen and oxygen atoms in total. The van der Waals surface area contributed by atoms with E-state index in [1.54, 1.807) is 18.3 Å². The van der Waals surface area contributed by atoms with Gasteiger partial charge in [-0.05, 0) is 48.5 Å². The summed E-state index contributed by atoms with van der Waals surface area (Å²) in [5, 5.41) is 8.54. The van der Waals surface area contributed by atoms with Crippen LogP contribution < -0.4 is 26.6 Å². The molecule has 1 aliphatic heterocycles. The summed E-state index contributed by atoms with van der Waals surface area (Å²) in [6.07, 6.45) is 2.31. The van der Waals surface area contributed by atoms with Gasteiger partial charge in [0.05, 0.1) is 16.8 Å². The number of halogens is 2. The standard InChI is InChI=1S/C29H28N8O2.2ClH/c1-36(2)22-11-9-20(10-12-22)33-29(39)34-21-6-4-5-18(15-21)7-8-19-17-32-28(30)35-26(19)25-16-23-24(37(25)3)13-14-31-27(23)38;;/h4-6,9-12,15-17H,13-14H2,1-3H3,(H,31,38)(H2,30,32,35)(H2,33,34,39);2*1H. The molecular weight excluding hydrogens is 563 g/mol. The largest absolute Gasteiger partial charge is 0.378 e. The molecule has 4 aromatic rings. The van der Waals surface area contributed by atoms with Crippen molar-refractivity contribution in [2.45, 2.75) is 6.42 Å². The minimum Gasteiger partial charge on any atom is -0.378 e. The van der Waals surface area contributed by atoms with Crippen LogP contribution >= 0.6 is 24.8 Å². The third kappa shape index (κ3) is 6.90. The number of carbonyl (C=O) groups is 2. The van der Waals surface area contributed by atoms with Crippen LogP contribution in [0.25, 0.3) is 11.4 Å². The number of fused-ring (bicyclic) bond motifs is 1. The number of hydrogen-bond acceptors (Lipinski definition) is 6. The molecule has 3 amide bonds. The van der Waals surface area contributed by atoms with Crippen LogP contribution in [0.4, 0.5) is 27.8 Å². The smallest absolute Gasteiger partial charge is 0.323 e. The normalized spacial score (nSPS) is 11.4. The van der Waals surface area contributed by atoms with Gasteiger partial charge in [-0.1, -0.05) is 17.9 Å². The molecule has 1 aliphatic rings. The predicted molar refractivity (Wildman–Crippen MR) is 167 cm³/mol. The van der Waals surface area contributed by atoms with Gasteiger partial charge in [-0.2, -0.15) is 0 Å². The zero-order chi connectivity index (χ0) is 27.5. The molecule has 0 saturated carbocycles. The van der Waals surface area contributed by atoms with E-state index in [2.05, 4.69) is 37.8 Å². The average molecular weight is 594 g/mol. The first-order chi connectivity index (χ1) is 18.8. The molecule has 41 heavy (non-hydrogen) atoms. The van der Waals surface area contributed by atoms with E-state index in [1.165, 1.54) is 0 Å². The van der Waals surface area contributed by atoms with Gasteiger partial charge in [0.2, 0.25) is 5.95 Å². The van der Waals surface area contributed by atoms with Crippen LogP contribution in [0, 0.1) is 11.8 Å². The Labute approximate surface area is 250 Å². The molecule has 0 unspecified atom stereocenters.